The van der Waals surface area contributed by atoms with Crippen molar-refractivity contribution in [2.24, 2.45) is 7.05 Å². The molecule has 7 nitrogen and oxygen atoms in total. The van der Waals surface area contributed by atoms with Gasteiger partial charge < -0.3 is 14.4 Å². The summed E-state index contributed by atoms with van der Waals surface area (Å²) < 4.78 is 8.87. The van der Waals surface area contributed by atoms with Crippen LogP contribution in [0.5, 0.6) is 0 Å². The SMILES string of the molecule is COCCCn1c(SCC(=O)O)nc2c(C)nn(C)c21. The summed E-state index contributed by atoms with van der Waals surface area (Å²) in [5.74, 6) is -0.847. The van der Waals surface area contributed by atoms with Crippen LogP contribution in [0.1, 0.15) is 12.1 Å². The van der Waals surface area contributed by atoms with E-state index in [1.807, 2.05) is 18.5 Å². The number of hydrogen-bond donors (Lipinski definition) is 1. The molecule has 110 valence electrons. The molecule has 1 N–H and O–H groups in total. The fraction of sp³-hybridized carbons (Fsp3) is 0.583. The lowest BCUT2D eigenvalue weighted by Crippen LogP contribution is -2.08. The average Bonchev–Trinajstić information content (AvgIpc) is 2.87. The first kappa shape index (κ1) is 14.9. The normalized spacial score (nSPS) is 11.3. The molecule has 0 atom stereocenters. The molecule has 8 heteroatoms. The van der Waals surface area contributed by atoms with E-state index in [9.17, 15) is 4.79 Å². The molecule has 0 saturated carbocycles. The first-order valence-electron chi connectivity index (χ1n) is 6.28. The monoisotopic (exact) mass is 298 g/mol. The molecule has 2 aromatic heterocycles. The smallest absolute Gasteiger partial charge is 0.313 e. The summed E-state index contributed by atoms with van der Waals surface area (Å²) in [6, 6.07) is 0. The molecular weight excluding hydrogens is 280 g/mol. The molecule has 0 unspecified atom stereocenters. The maximum absolute atomic E-state index is 10.7. The molecule has 0 spiro atoms. The molecule has 0 saturated heterocycles. The highest BCUT2D eigenvalue weighted by atomic mass is 32.2. The van der Waals surface area contributed by atoms with Crippen molar-refractivity contribution >= 4 is 28.9 Å². The van der Waals surface area contributed by atoms with Gasteiger partial charge in [-0.1, -0.05) is 11.8 Å². The van der Waals surface area contributed by atoms with Crippen LogP contribution in [-0.2, 0) is 23.1 Å². The molecule has 2 heterocycles. The molecule has 0 bridgehead atoms. The minimum atomic E-state index is -0.847. The van der Waals surface area contributed by atoms with Crippen molar-refractivity contribution in [3.63, 3.8) is 0 Å². The quantitative estimate of drug-likeness (QED) is 0.613. The number of aromatic nitrogens is 4. The second kappa shape index (κ2) is 6.27. The van der Waals surface area contributed by atoms with Crippen molar-refractivity contribution in [2.75, 3.05) is 19.5 Å². The molecule has 20 heavy (non-hydrogen) atoms. The lowest BCUT2D eigenvalue weighted by molar-refractivity contribution is -0.133. The summed E-state index contributed by atoms with van der Waals surface area (Å²) in [5.41, 5.74) is 2.61. The van der Waals surface area contributed by atoms with Crippen LogP contribution in [-0.4, -0.2) is 49.9 Å². The lowest BCUT2D eigenvalue weighted by Gasteiger charge is -2.08. The third-order valence-corrected chi connectivity index (χ3v) is 3.87. The van der Waals surface area contributed by atoms with Gasteiger partial charge in [0.25, 0.3) is 0 Å². The number of methoxy groups -OCH3 is 1. The van der Waals surface area contributed by atoms with Gasteiger partial charge in [-0.15, -0.1) is 0 Å². The van der Waals surface area contributed by atoms with Crippen LogP contribution in [0.2, 0.25) is 0 Å². The zero-order chi connectivity index (χ0) is 14.7. The molecule has 0 fully saturated rings. The van der Waals surface area contributed by atoms with E-state index < -0.39 is 5.97 Å². The molecule has 0 aliphatic carbocycles. The van der Waals surface area contributed by atoms with Gasteiger partial charge >= 0.3 is 5.97 Å². The maximum atomic E-state index is 10.7. The second-order valence-electron chi connectivity index (χ2n) is 4.46. The van der Waals surface area contributed by atoms with E-state index in [2.05, 4.69) is 10.1 Å². The fourth-order valence-corrected chi connectivity index (χ4v) is 2.86. The minimum Gasteiger partial charge on any atom is -0.481 e. The van der Waals surface area contributed by atoms with Crippen LogP contribution in [0.15, 0.2) is 5.16 Å². The number of rotatable bonds is 7. The highest BCUT2D eigenvalue weighted by molar-refractivity contribution is 7.99. The number of carboxylic acid groups (broad SMARTS) is 1. The minimum absolute atomic E-state index is 0.0000753. The third kappa shape index (κ3) is 2.96. The van der Waals surface area contributed by atoms with Gasteiger partial charge in [0.2, 0.25) is 0 Å². The molecule has 2 rings (SSSR count). The summed E-state index contributed by atoms with van der Waals surface area (Å²) in [6.07, 6.45) is 0.840. The van der Waals surface area contributed by atoms with Crippen molar-refractivity contribution < 1.29 is 14.6 Å². The Balaban J connectivity index is 2.35. The highest BCUT2D eigenvalue weighted by Crippen LogP contribution is 2.26. The Kier molecular flexibility index (Phi) is 4.66. The number of carbonyl (C=O) groups is 1. The van der Waals surface area contributed by atoms with Gasteiger partial charge in [-0.3, -0.25) is 9.48 Å². The summed E-state index contributed by atoms with van der Waals surface area (Å²) >= 11 is 1.23. The van der Waals surface area contributed by atoms with Crippen LogP contribution in [0.4, 0.5) is 0 Å². The lowest BCUT2D eigenvalue weighted by atomic mass is 10.4. The van der Waals surface area contributed by atoms with Gasteiger partial charge in [0, 0.05) is 27.3 Å². The number of fused-ring (bicyclic) bond motifs is 1. The topological polar surface area (TPSA) is 82.2 Å². The van der Waals surface area contributed by atoms with E-state index in [0.717, 1.165) is 35.0 Å². The standard InChI is InChI=1S/C12H18N4O3S/c1-8-10-11(15(2)14-8)16(5-4-6-19-3)12(13-10)20-7-9(17)18/h4-7H2,1-3H3,(H,17,18). The van der Waals surface area contributed by atoms with Crippen LogP contribution in [0.25, 0.3) is 11.2 Å². The van der Waals surface area contributed by atoms with Crippen molar-refractivity contribution in [1.82, 2.24) is 19.3 Å². The number of imidazole rings is 1. The van der Waals surface area contributed by atoms with Gasteiger partial charge in [0.15, 0.2) is 10.8 Å². The van der Waals surface area contributed by atoms with E-state index >= 15 is 0 Å². The van der Waals surface area contributed by atoms with Crippen molar-refractivity contribution in [3.8, 4) is 0 Å². The summed E-state index contributed by atoms with van der Waals surface area (Å²) in [7, 11) is 3.54. The summed E-state index contributed by atoms with van der Waals surface area (Å²) in [6.45, 7) is 3.28. The number of aliphatic carboxylic acids is 1. The Bertz CT molecular complexity index is 620. The third-order valence-electron chi connectivity index (χ3n) is 2.91. The molecule has 0 aromatic carbocycles. The Morgan fingerprint density at radius 3 is 2.90 bits per heavy atom. The molecule has 0 amide bonds. The largest absolute Gasteiger partial charge is 0.481 e. The molecular formula is C12H18N4O3S. The zero-order valence-corrected chi connectivity index (χ0v) is 12.6. The number of thioether (sulfide) groups is 1. The van der Waals surface area contributed by atoms with Gasteiger partial charge in [-0.25, -0.2) is 4.98 Å². The average molecular weight is 298 g/mol. The van der Waals surface area contributed by atoms with E-state index in [4.69, 9.17) is 9.84 Å². The Labute approximate surface area is 120 Å². The van der Waals surface area contributed by atoms with Crippen LogP contribution >= 0.6 is 11.8 Å². The number of ether oxygens (including phenoxy) is 1. The van der Waals surface area contributed by atoms with E-state index in [1.54, 1.807) is 11.8 Å². The number of hydrogen-bond acceptors (Lipinski definition) is 5. The van der Waals surface area contributed by atoms with Crippen LogP contribution < -0.4 is 0 Å². The highest BCUT2D eigenvalue weighted by Gasteiger charge is 2.18. The van der Waals surface area contributed by atoms with E-state index in [0.29, 0.717) is 6.61 Å². The first-order valence-corrected chi connectivity index (χ1v) is 7.26. The Hall–Kier alpha value is -1.54. The molecule has 0 aliphatic rings. The van der Waals surface area contributed by atoms with Gasteiger partial charge in [0.1, 0.15) is 5.52 Å². The predicted octanol–water partition coefficient (Wildman–Crippen LogP) is 1.29. The van der Waals surface area contributed by atoms with E-state index in [-0.39, 0.29) is 5.75 Å². The Morgan fingerprint density at radius 2 is 2.25 bits per heavy atom. The van der Waals surface area contributed by atoms with Crippen molar-refractivity contribution in [2.45, 2.75) is 25.0 Å². The van der Waals surface area contributed by atoms with E-state index in [1.165, 1.54) is 11.8 Å². The Morgan fingerprint density at radius 1 is 1.50 bits per heavy atom. The molecule has 0 radical (unpaired) electrons. The fourth-order valence-electron chi connectivity index (χ4n) is 2.12. The van der Waals surface area contributed by atoms with Crippen molar-refractivity contribution in [3.05, 3.63) is 5.69 Å². The summed E-state index contributed by atoms with van der Waals surface area (Å²) in [4.78, 5) is 15.3. The number of aryl methyl sites for hydroxylation is 3. The van der Waals surface area contributed by atoms with Crippen molar-refractivity contribution in [1.29, 1.82) is 0 Å². The van der Waals surface area contributed by atoms with Gasteiger partial charge in [0.05, 0.1) is 11.4 Å². The maximum Gasteiger partial charge on any atom is 0.313 e. The van der Waals surface area contributed by atoms with Gasteiger partial charge in [-0.2, -0.15) is 5.10 Å². The first-order chi connectivity index (χ1) is 9.54. The van der Waals surface area contributed by atoms with Crippen LogP contribution in [0, 0.1) is 6.92 Å². The second-order valence-corrected chi connectivity index (χ2v) is 5.40. The number of nitrogens with zero attached hydrogens (tertiary/aromatic N) is 4. The number of carboxylic acids is 1. The molecule has 2 aromatic rings. The zero-order valence-electron chi connectivity index (χ0n) is 11.8. The predicted molar refractivity (Wildman–Crippen MR) is 76.1 cm³/mol. The van der Waals surface area contributed by atoms with Crippen LogP contribution in [0.3, 0.4) is 0 Å². The summed E-state index contributed by atoms with van der Waals surface area (Å²) in [5, 5.41) is 13.9. The van der Waals surface area contributed by atoms with Gasteiger partial charge in [-0.05, 0) is 13.3 Å². The molecule has 0 aliphatic heterocycles.